The Bertz CT molecular complexity index is 715. The number of alkyl halides is 1. The second-order valence-electron chi connectivity index (χ2n) is 4.99. The van der Waals surface area contributed by atoms with Crippen molar-refractivity contribution in [2.45, 2.75) is 12.3 Å². The van der Waals surface area contributed by atoms with Crippen LogP contribution in [0.25, 0.3) is 0 Å². The Hall–Kier alpha value is -1.98. The van der Waals surface area contributed by atoms with Crippen LogP contribution in [-0.4, -0.2) is 12.5 Å². The molecular formula is C18H14ClFO. The van der Waals surface area contributed by atoms with Crippen LogP contribution in [0.4, 0.5) is 4.39 Å². The Morgan fingerprint density at radius 3 is 2.90 bits per heavy atom. The molecule has 0 spiro atoms. The molecule has 2 aromatic carbocycles. The molecule has 0 heterocycles. The van der Waals surface area contributed by atoms with Crippen molar-refractivity contribution < 1.29 is 9.13 Å². The number of fused-ring (bicyclic) bond motifs is 1. The molecule has 0 saturated heterocycles. The average molecular weight is 301 g/mol. The van der Waals surface area contributed by atoms with E-state index in [0.717, 1.165) is 6.42 Å². The van der Waals surface area contributed by atoms with E-state index in [1.165, 1.54) is 17.2 Å². The maximum atomic E-state index is 13.8. The van der Waals surface area contributed by atoms with E-state index < -0.39 is 0 Å². The number of ether oxygens (including phenoxy) is 1. The highest BCUT2D eigenvalue weighted by atomic mass is 35.5. The summed E-state index contributed by atoms with van der Waals surface area (Å²) in [5.41, 5.74) is 3.37. The maximum absolute atomic E-state index is 13.8. The van der Waals surface area contributed by atoms with E-state index in [2.05, 4.69) is 24.0 Å². The van der Waals surface area contributed by atoms with Gasteiger partial charge in [-0.2, -0.15) is 0 Å². The Morgan fingerprint density at radius 2 is 2.10 bits per heavy atom. The Balaban J connectivity index is 1.68. The molecule has 3 heteroatoms. The summed E-state index contributed by atoms with van der Waals surface area (Å²) < 4.78 is 19.4. The van der Waals surface area contributed by atoms with Crippen molar-refractivity contribution in [3.8, 4) is 17.6 Å². The molecule has 1 aliphatic rings. The maximum Gasteiger partial charge on any atom is 0.165 e. The molecule has 3 rings (SSSR count). The third-order valence-corrected chi connectivity index (χ3v) is 3.77. The van der Waals surface area contributed by atoms with Crippen molar-refractivity contribution in [1.82, 2.24) is 0 Å². The van der Waals surface area contributed by atoms with Gasteiger partial charge < -0.3 is 4.74 Å². The molecule has 0 radical (unpaired) electrons. The van der Waals surface area contributed by atoms with Gasteiger partial charge in [0.05, 0.1) is 12.5 Å². The summed E-state index contributed by atoms with van der Waals surface area (Å²) >= 11 is 5.52. The van der Waals surface area contributed by atoms with Gasteiger partial charge in [0, 0.05) is 11.5 Å². The molecule has 0 bridgehead atoms. The smallest absolute Gasteiger partial charge is 0.165 e. The van der Waals surface area contributed by atoms with Crippen molar-refractivity contribution >= 4 is 11.6 Å². The normalized spacial score (nSPS) is 15.4. The lowest BCUT2D eigenvalue weighted by Crippen LogP contribution is -2.23. The van der Waals surface area contributed by atoms with Crippen molar-refractivity contribution in [3.05, 3.63) is 65.0 Å². The molecule has 1 nitrogen and oxygen atoms in total. The largest absolute Gasteiger partial charge is 0.490 e. The van der Waals surface area contributed by atoms with Crippen LogP contribution in [0.5, 0.6) is 5.75 Å². The van der Waals surface area contributed by atoms with Crippen LogP contribution in [0.2, 0.25) is 0 Å². The molecule has 2 aromatic rings. The van der Waals surface area contributed by atoms with E-state index in [4.69, 9.17) is 16.3 Å². The molecule has 1 aliphatic carbocycles. The Kier molecular flexibility index (Phi) is 4.13. The third kappa shape index (κ3) is 3.04. The fourth-order valence-electron chi connectivity index (χ4n) is 2.53. The van der Waals surface area contributed by atoms with Crippen molar-refractivity contribution in [2.75, 3.05) is 12.5 Å². The molecule has 0 aromatic heterocycles. The predicted molar refractivity (Wildman–Crippen MR) is 82.4 cm³/mol. The van der Waals surface area contributed by atoms with Crippen molar-refractivity contribution in [1.29, 1.82) is 0 Å². The lowest BCUT2D eigenvalue weighted by Gasteiger charge is -2.29. The summed E-state index contributed by atoms with van der Waals surface area (Å²) in [6.45, 7) is 0.486. The van der Waals surface area contributed by atoms with Gasteiger partial charge in [0.25, 0.3) is 0 Å². The zero-order valence-corrected chi connectivity index (χ0v) is 12.2. The van der Waals surface area contributed by atoms with Gasteiger partial charge in [0.2, 0.25) is 0 Å². The summed E-state index contributed by atoms with van der Waals surface area (Å²) in [6.07, 6.45) is 0.990. The van der Waals surface area contributed by atoms with Crippen LogP contribution in [0.1, 0.15) is 22.6 Å². The summed E-state index contributed by atoms with van der Waals surface area (Å²) in [5.74, 6) is 6.10. The van der Waals surface area contributed by atoms with Crippen molar-refractivity contribution in [2.24, 2.45) is 0 Å². The molecule has 0 N–H and O–H groups in total. The van der Waals surface area contributed by atoms with E-state index in [1.807, 2.05) is 12.1 Å². The Labute approximate surface area is 128 Å². The van der Waals surface area contributed by atoms with E-state index in [-0.39, 0.29) is 17.4 Å². The lowest BCUT2D eigenvalue weighted by atomic mass is 9.78. The zero-order valence-electron chi connectivity index (χ0n) is 11.4. The van der Waals surface area contributed by atoms with Gasteiger partial charge in [0.15, 0.2) is 11.6 Å². The topological polar surface area (TPSA) is 9.23 Å². The number of hydrogen-bond acceptors (Lipinski definition) is 1. The van der Waals surface area contributed by atoms with Crippen LogP contribution in [-0.2, 0) is 6.42 Å². The fraction of sp³-hybridized carbons (Fsp3) is 0.222. The van der Waals surface area contributed by atoms with Gasteiger partial charge in [-0.3, -0.25) is 0 Å². The second-order valence-corrected chi connectivity index (χ2v) is 5.26. The number of rotatable bonds is 3. The van der Waals surface area contributed by atoms with Crippen LogP contribution >= 0.6 is 11.6 Å². The van der Waals surface area contributed by atoms with Crippen LogP contribution in [0, 0.1) is 17.7 Å². The van der Waals surface area contributed by atoms with Gasteiger partial charge in [0.1, 0.15) is 0 Å². The van der Waals surface area contributed by atoms with E-state index >= 15 is 0 Å². The minimum Gasteiger partial charge on any atom is -0.490 e. The highest BCUT2D eigenvalue weighted by molar-refractivity contribution is 6.19. The molecule has 0 amide bonds. The highest BCUT2D eigenvalue weighted by Crippen LogP contribution is 2.35. The van der Waals surface area contributed by atoms with Gasteiger partial charge in [-0.05, 0) is 35.7 Å². The van der Waals surface area contributed by atoms with Gasteiger partial charge in [-0.15, -0.1) is 11.6 Å². The van der Waals surface area contributed by atoms with Gasteiger partial charge >= 0.3 is 0 Å². The van der Waals surface area contributed by atoms with Crippen LogP contribution in [0.15, 0.2) is 42.5 Å². The number of halogens is 2. The van der Waals surface area contributed by atoms with Crippen LogP contribution < -0.4 is 4.74 Å². The second kappa shape index (κ2) is 6.20. The first-order chi connectivity index (χ1) is 10.3. The summed E-state index contributed by atoms with van der Waals surface area (Å²) in [7, 11) is 0. The van der Waals surface area contributed by atoms with E-state index in [9.17, 15) is 4.39 Å². The van der Waals surface area contributed by atoms with Crippen molar-refractivity contribution in [3.63, 3.8) is 0 Å². The predicted octanol–water partition coefficient (Wildman–Crippen LogP) is 4.13. The van der Waals surface area contributed by atoms with Gasteiger partial charge in [-0.25, -0.2) is 4.39 Å². The first kappa shape index (κ1) is 14.0. The molecule has 0 aliphatic heterocycles. The zero-order chi connectivity index (χ0) is 14.7. The lowest BCUT2D eigenvalue weighted by molar-refractivity contribution is 0.263. The number of hydrogen-bond donors (Lipinski definition) is 0. The molecular weight excluding hydrogens is 287 g/mol. The first-order valence-electron chi connectivity index (χ1n) is 6.83. The summed E-state index contributed by atoms with van der Waals surface area (Å²) in [6, 6.07) is 12.9. The number of benzene rings is 2. The first-order valence-corrected chi connectivity index (χ1v) is 7.36. The quantitative estimate of drug-likeness (QED) is 0.611. The molecule has 106 valence electrons. The molecule has 1 unspecified atom stereocenters. The molecule has 0 fully saturated rings. The SMILES string of the molecule is Fc1ccc(C#CCCl)cc1OCC1Cc2ccccc21. The van der Waals surface area contributed by atoms with Gasteiger partial charge in [-0.1, -0.05) is 36.1 Å². The summed E-state index contributed by atoms with van der Waals surface area (Å²) in [5, 5.41) is 0. The van der Waals surface area contributed by atoms with E-state index in [1.54, 1.807) is 12.1 Å². The fourth-order valence-corrected chi connectivity index (χ4v) is 2.60. The summed E-state index contributed by atoms with van der Waals surface area (Å²) in [4.78, 5) is 0. The minimum atomic E-state index is -0.362. The standard InChI is InChI=1S/C18H14ClFO/c19-9-3-4-13-7-8-17(20)18(10-13)21-12-15-11-14-5-1-2-6-16(14)15/h1-2,5-8,10,15H,9,11-12H2. The molecule has 21 heavy (non-hydrogen) atoms. The molecule has 0 saturated carbocycles. The molecule has 1 atom stereocenters. The van der Waals surface area contributed by atoms with E-state index in [0.29, 0.717) is 18.1 Å². The van der Waals surface area contributed by atoms with Crippen LogP contribution in [0.3, 0.4) is 0 Å². The monoisotopic (exact) mass is 300 g/mol. The highest BCUT2D eigenvalue weighted by Gasteiger charge is 2.26. The minimum absolute atomic E-state index is 0.251. The average Bonchev–Trinajstić information content (AvgIpc) is 2.48. The Morgan fingerprint density at radius 1 is 1.24 bits per heavy atom. The third-order valence-electron chi connectivity index (χ3n) is 3.63.